The zero-order valence-corrected chi connectivity index (χ0v) is 17.7. The van der Waals surface area contributed by atoms with Crippen molar-refractivity contribution < 1.29 is 19.3 Å². The number of nitrogens with zero attached hydrogens (tertiary/aromatic N) is 2. The second-order valence-electron chi connectivity index (χ2n) is 8.38. The predicted octanol–water partition coefficient (Wildman–Crippen LogP) is 2.21. The Kier molecular flexibility index (Phi) is 6.51. The van der Waals surface area contributed by atoms with Crippen LogP contribution in [0.4, 0.5) is 0 Å². The molecule has 7 heteroatoms. The van der Waals surface area contributed by atoms with Crippen molar-refractivity contribution in [1.29, 1.82) is 0 Å². The summed E-state index contributed by atoms with van der Waals surface area (Å²) in [5, 5.41) is 10.1. The van der Waals surface area contributed by atoms with Crippen LogP contribution in [0.2, 0.25) is 0 Å². The van der Waals surface area contributed by atoms with Gasteiger partial charge in [0.2, 0.25) is 5.88 Å². The molecule has 1 fully saturated rings. The molecule has 2 aliphatic rings. The molecule has 0 amide bonds. The van der Waals surface area contributed by atoms with Gasteiger partial charge in [-0.25, -0.2) is 4.79 Å². The second kappa shape index (κ2) is 9.29. The number of hydrogen-bond acceptors (Lipinski definition) is 6. The topological polar surface area (TPSA) is 82.8 Å². The molecule has 1 unspecified atom stereocenters. The smallest absolute Gasteiger partial charge is 0.351 e. The molecule has 30 heavy (non-hydrogen) atoms. The summed E-state index contributed by atoms with van der Waals surface area (Å²) in [5.41, 5.74) is 4.01. The van der Waals surface area contributed by atoms with Crippen molar-refractivity contribution in [1.82, 2.24) is 9.55 Å². The number of rotatable bonds is 7. The Labute approximate surface area is 176 Å². The summed E-state index contributed by atoms with van der Waals surface area (Å²) in [7, 11) is 0. The summed E-state index contributed by atoms with van der Waals surface area (Å²) in [5.74, 6) is 0.579. The minimum Gasteiger partial charge on any atom is -0.475 e. The van der Waals surface area contributed by atoms with Crippen LogP contribution >= 0.6 is 0 Å². The number of aliphatic hydroxyl groups excluding tert-OH is 1. The lowest BCUT2D eigenvalue weighted by atomic mass is 9.93. The van der Waals surface area contributed by atoms with Crippen LogP contribution in [0.25, 0.3) is 11.3 Å². The molecule has 1 aromatic carbocycles. The van der Waals surface area contributed by atoms with Gasteiger partial charge < -0.3 is 19.3 Å². The van der Waals surface area contributed by atoms with E-state index in [1.807, 2.05) is 19.9 Å². The monoisotopic (exact) mass is 414 g/mol. The third-order valence-corrected chi connectivity index (χ3v) is 5.84. The van der Waals surface area contributed by atoms with Gasteiger partial charge in [-0.15, -0.1) is 0 Å². The van der Waals surface area contributed by atoms with Crippen LogP contribution in [0.15, 0.2) is 29.1 Å². The van der Waals surface area contributed by atoms with Crippen LogP contribution < -0.4 is 10.4 Å². The van der Waals surface area contributed by atoms with Crippen LogP contribution in [0.1, 0.15) is 31.4 Å². The predicted molar refractivity (Wildman–Crippen MR) is 113 cm³/mol. The van der Waals surface area contributed by atoms with Gasteiger partial charge in [0.25, 0.3) is 0 Å². The molecule has 0 aliphatic carbocycles. The highest BCUT2D eigenvalue weighted by Gasteiger charge is 2.21. The number of ether oxygens (including phenoxy) is 3. The third-order valence-electron chi connectivity index (χ3n) is 5.84. The number of aliphatic hydroxyl groups is 1. The van der Waals surface area contributed by atoms with E-state index < -0.39 is 0 Å². The van der Waals surface area contributed by atoms with E-state index in [1.54, 1.807) is 4.57 Å². The normalized spacial score (nSPS) is 19.3. The van der Waals surface area contributed by atoms with Gasteiger partial charge in [-0.05, 0) is 36.3 Å². The number of hydrogen-bond donors (Lipinski definition) is 1. The van der Waals surface area contributed by atoms with Gasteiger partial charge in [0.15, 0.2) is 0 Å². The molecule has 2 aliphatic heterocycles. The fraction of sp³-hybridized carbons (Fsp3) is 0.565. The summed E-state index contributed by atoms with van der Waals surface area (Å²) in [6.45, 7) is 6.62. The number of fused-ring (bicyclic) bond motifs is 3. The quantitative estimate of drug-likeness (QED) is 0.748. The SMILES string of the molecule is CC(C)C(O)CCc1ccc2c(c1)CCn1c-2cc(OC[C@@H]2COCCO2)nc1=O. The Balaban J connectivity index is 1.52. The first-order valence-corrected chi connectivity index (χ1v) is 10.8. The van der Waals surface area contributed by atoms with Gasteiger partial charge in [-0.2, -0.15) is 4.98 Å². The maximum Gasteiger partial charge on any atom is 0.351 e. The maximum atomic E-state index is 12.5. The van der Waals surface area contributed by atoms with Crippen molar-refractivity contribution >= 4 is 0 Å². The van der Waals surface area contributed by atoms with E-state index in [0.717, 1.165) is 30.5 Å². The molecule has 162 valence electrons. The lowest BCUT2D eigenvalue weighted by molar-refractivity contribution is -0.102. The van der Waals surface area contributed by atoms with Crippen molar-refractivity contribution in [3.63, 3.8) is 0 Å². The molecule has 7 nitrogen and oxygen atoms in total. The van der Waals surface area contributed by atoms with Crippen molar-refractivity contribution in [3.8, 4) is 17.1 Å². The van der Waals surface area contributed by atoms with Crippen LogP contribution in [-0.2, 0) is 28.9 Å². The van der Waals surface area contributed by atoms with Gasteiger partial charge >= 0.3 is 5.69 Å². The Morgan fingerprint density at radius 1 is 1.30 bits per heavy atom. The average Bonchev–Trinajstić information content (AvgIpc) is 2.76. The zero-order valence-electron chi connectivity index (χ0n) is 17.7. The Morgan fingerprint density at radius 2 is 2.17 bits per heavy atom. The summed E-state index contributed by atoms with van der Waals surface area (Å²) in [6.07, 6.45) is 1.95. The third kappa shape index (κ3) is 4.74. The fourth-order valence-corrected chi connectivity index (χ4v) is 3.95. The van der Waals surface area contributed by atoms with E-state index in [9.17, 15) is 9.90 Å². The maximum absolute atomic E-state index is 12.5. The number of aryl methyl sites for hydroxylation is 2. The van der Waals surface area contributed by atoms with Crippen molar-refractivity contribution in [2.75, 3.05) is 26.4 Å². The number of benzene rings is 1. The van der Waals surface area contributed by atoms with E-state index in [0.29, 0.717) is 38.9 Å². The van der Waals surface area contributed by atoms with Gasteiger partial charge in [0.1, 0.15) is 12.7 Å². The summed E-state index contributed by atoms with van der Waals surface area (Å²) < 4.78 is 18.4. The lowest BCUT2D eigenvalue weighted by Gasteiger charge is -2.24. The minimum absolute atomic E-state index is 0.143. The molecule has 0 radical (unpaired) electrons. The summed E-state index contributed by atoms with van der Waals surface area (Å²) in [6, 6.07) is 8.19. The lowest BCUT2D eigenvalue weighted by Crippen LogP contribution is -2.34. The van der Waals surface area contributed by atoms with Gasteiger partial charge in [0.05, 0.1) is 31.6 Å². The average molecular weight is 415 g/mol. The number of aromatic nitrogens is 2. The molecular weight excluding hydrogens is 384 g/mol. The Morgan fingerprint density at radius 3 is 2.93 bits per heavy atom. The molecular formula is C23H30N2O5. The molecule has 0 saturated carbocycles. The molecule has 1 aromatic heterocycles. The van der Waals surface area contributed by atoms with Crippen LogP contribution in [-0.4, -0.2) is 53.3 Å². The van der Waals surface area contributed by atoms with Gasteiger partial charge in [0, 0.05) is 18.2 Å². The molecule has 0 bridgehead atoms. The molecule has 0 spiro atoms. The molecule has 1 N–H and O–H groups in total. The zero-order chi connectivity index (χ0) is 21.1. The van der Waals surface area contributed by atoms with Crippen molar-refractivity contribution in [2.24, 2.45) is 5.92 Å². The highest BCUT2D eigenvalue weighted by Crippen LogP contribution is 2.31. The van der Waals surface area contributed by atoms with E-state index in [1.165, 1.54) is 11.1 Å². The minimum atomic E-state index is -0.293. The van der Waals surface area contributed by atoms with Crippen molar-refractivity contribution in [2.45, 2.75) is 51.9 Å². The fourth-order valence-electron chi connectivity index (χ4n) is 3.95. The van der Waals surface area contributed by atoms with Gasteiger partial charge in [-0.3, -0.25) is 4.57 Å². The second-order valence-corrected chi connectivity index (χ2v) is 8.38. The molecule has 1 saturated heterocycles. The van der Waals surface area contributed by atoms with E-state index in [2.05, 4.69) is 23.2 Å². The molecule has 3 heterocycles. The van der Waals surface area contributed by atoms with Crippen LogP contribution in [0, 0.1) is 5.92 Å². The van der Waals surface area contributed by atoms with E-state index in [-0.39, 0.29) is 23.8 Å². The summed E-state index contributed by atoms with van der Waals surface area (Å²) >= 11 is 0. The Hall–Kier alpha value is -2.22. The first-order valence-electron chi connectivity index (χ1n) is 10.8. The van der Waals surface area contributed by atoms with E-state index in [4.69, 9.17) is 14.2 Å². The largest absolute Gasteiger partial charge is 0.475 e. The van der Waals surface area contributed by atoms with Crippen LogP contribution in [0.3, 0.4) is 0 Å². The van der Waals surface area contributed by atoms with Crippen LogP contribution in [0.5, 0.6) is 5.88 Å². The van der Waals surface area contributed by atoms with Gasteiger partial charge in [-0.1, -0.05) is 32.0 Å². The first kappa shape index (κ1) is 21.0. The Bertz CT molecular complexity index is 934. The standard InChI is InChI=1S/C23H30N2O5/c1-15(2)21(26)6-4-16-3-5-19-17(11-16)7-8-25-20(19)12-22(24-23(25)27)30-14-18-13-28-9-10-29-18/h3,5,11-12,15,18,21,26H,4,6-10,13-14H2,1-2H3/t18-,21?/m0/s1. The highest BCUT2D eigenvalue weighted by atomic mass is 16.6. The molecule has 4 rings (SSSR count). The van der Waals surface area contributed by atoms with E-state index >= 15 is 0 Å². The summed E-state index contributed by atoms with van der Waals surface area (Å²) in [4.78, 5) is 16.6. The van der Waals surface area contributed by atoms with Crippen molar-refractivity contribution in [3.05, 3.63) is 45.9 Å². The first-order chi connectivity index (χ1) is 14.5. The molecule has 2 atom stereocenters. The molecule has 2 aromatic rings. The highest BCUT2D eigenvalue weighted by molar-refractivity contribution is 5.67.